The summed E-state index contributed by atoms with van der Waals surface area (Å²) >= 11 is 1.83. The first-order chi connectivity index (χ1) is 8.11. The number of rotatable bonds is 4. The van der Waals surface area contributed by atoms with Gasteiger partial charge in [-0.3, -0.25) is 0 Å². The molecule has 0 aliphatic heterocycles. The lowest BCUT2D eigenvalue weighted by Crippen LogP contribution is -2.36. The van der Waals surface area contributed by atoms with Crippen LogP contribution in [0.5, 0.6) is 0 Å². The fraction of sp³-hybridized carbons (Fsp3) is 0.733. The Morgan fingerprint density at radius 2 is 2.24 bits per heavy atom. The summed E-state index contributed by atoms with van der Waals surface area (Å²) in [7, 11) is 2.08. The van der Waals surface area contributed by atoms with Crippen LogP contribution in [0.3, 0.4) is 0 Å². The lowest BCUT2D eigenvalue weighted by molar-refractivity contribution is 0.117. The molecule has 0 spiro atoms. The van der Waals surface area contributed by atoms with Crippen molar-refractivity contribution in [3.63, 3.8) is 0 Å². The van der Waals surface area contributed by atoms with Crippen LogP contribution in [0.1, 0.15) is 38.7 Å². The number of nitrogens with one attached hydrogen (secondary N) is 1. The average Bonchev–Trinajstić information content (AvgIpc) is 2.74. The molecule has 0 radical (unpaired) electrons. The Balaban J connectivity index is 2.02. The maximum atomic E-state index is 3.38. The van der Waals surface area contributed by atoms with Gasteiger partial charge in [0, 0.05) is 0 Å². The molecule has 1 aromatic rings. The van der Waals surface area contributed by atoms with Crippen molar-refractivity contribution >= 4 is 11.3 Å². The Bertz CT molecular complexity index is 329. The third kappa shape index (κ3) is 3.56. The van der Waals surface area contributed by atoms with Gasteiger partial charge in [-0.15, -0.1) is 0 Å². The third-order valence-electron chi connectivity index (χ3n) is 4.22. The van der Waals surface area contributed by atoms with Gasteiger partial charge in [0.05, 0.1) is 0 Å². The van der Waals surface area contributed by atoms with Gasteiger partial charge in [-0.2, -0.15) is 11.3 Å². The summed E-state index contributed by atoms with van der Waals surface area (Å²) in [6, 6.07) is 2.29. The highest BCUT2D eigenvalue weighted by Crippen LogP contribution is 2.43. The first-order valence-corrected chi connectivity index (χ1v) is 7.71. The van der Waals surface area contributed by atoms with Gasteiger partial charge >= 0.3 is 0 Å². The van der Waals surface area contributed by atoms with Crippen LogP contribution >= 0.6 is 11.3 Å². The molecule has 1 aliphatic rings. The topological polar surface area (TPSA) is 12.0 Å². The first-order valence-electron chi connectivity index (χ1n) is 6.76. The van der Waals surface area contributed by atoms with E-state index < -0.39 is 0 Å². The molecular weight excluding hydrogens is 226 g/mol. The molecule has 0 amide bonds. The van der Waals surface area contributed by atoms with Gasteiger partial charge in [0.2, 0.25) is 0 Å². The minimum absolute atomic E-state index is 0.547. The van der Waals surface area contributed by atoms with E-state index in [0.717, 1.165) is 11.8 Å². The highest BCUT2D eigenvalue weighted by Gasteiger charge is 2.34. The molecule has 1 heterocycles. The van der Waals surface area contributed by atoms with Gasteiger partial charge in [-0.05, 0) is 78.9 Å². The van der Waals surface area contributed by atoms with E-state index in [9.17, 15) is 0 Å². The van der Waals surface area contributed by atoms with Gasteiger partial charge < -0.3 is 5.32 Å². The summed E-state index contributed by atoms with van der Waals surface area (Å²) in [6.07, 6.45) is 5.44. The third-order valence-corrected chi connectivity index (χ3v) is 4.95. The monoisotopic (exact) mass is 251 g/mol. The standard InChI is InChI=1S/C15H25NS/c1-15(2)6-4-13(10-16-3)14(9-15)8-12-5-7-17-11-12/h5,7,11,13-14,16H,4,6,8-10H2,1-3H3. The van der Waals surface area contributed by atoms with Crippen LogP contribution in [-0.2, 0) is 6.42 Å². The maximum Gasteiger partial charge on any atom is -0.00207 e. The van der Waals surface area contributed by atoms with Crippen LogP contribution in [-0.4, -0.2) is 13.6 Å². The summed E-state index contributed by atoms with van der Waals surface area (Å²) in [4.78, 5) is 0. The highest BCUT2D eigenvalue weighted by molar-refractivity contribution is 7.07. The SMILES string of the molecule is CNCC1CCC(C)(C)CC1Cc1ccsc1. The Hall–Kier alpha value is -0.340. The number of hydrogen-bond donors (Lipinski definition) is 1. The highest BCUT2D eigenvalue weighted by atomic mass is 32.1. The van der Waals surface area contributed by atoms with Crippen molar-refractivity contribution in [3.05, 3.63) is 22.4 Å². The molecule has 2 atom stereocenters. The van der Waals surface area contributed by atoms with Crippen LogP contribution in [0.15, 0.2) is 16.8 Å². The van der Waals surface area contributed by atoms with Gasteiger partial charge in [0.1, 0.15) is 0 Å². The fourth-order valence-electron chi connectivity index (χ4n) is 3.27. The van der Waals surface area contributed by atoms with Crippen LogP contribution < -0.4 is 5.32 Å². The van der Waals surface area contributed by atoms with E-state index in [1.807, 2.05) is 11.3 Å². The molecule has 0 bridgehead atoms. The van der Waals surface area contributed by atoms with Crippen LogP contribution in [0.4, 0.5) is 0 Å². The molecular formula is C15H25NS. The van der Waals surface area contributed by atoms with Crippen LogP contribution in [0, 0.1) is 17.3 Å². The molecule has 1 nitrogen and oxygen atoms in total. The minimum Gasteiger partial charge on any atom is -0.319 e. The predicted octanol–water partition coefficient (Wildman–Crippen LogP) is 3.95. The van der Waals surface area contributed by atoms with Crippen molar-refractivity contribution in [1.29, 1.82) is 0 Å². The van der Waals surface area contributed by atoms with E-state index in [0.29, 0.717) is 5.41 Å². The molecule has 1 aromatic heterocycles. The van der Waals surface area contributed by atoms with E-state index >= 15 is 0 Å². The van der Waals surface area contributed by atoms with Gasteiger partial charge in [0.15, 0.2) is 0 Å². The Morgan fingerprint density at radius 1 is 1.41 bits per heavy atom. The van der Waals surface area contributed by atoms with Crippen molar-refractivity contribution in [1.82, 2.24) is 5.32 Å². The molecule has 1 fully saturated rings. The number of hydrogen-bond acceptors (Lipinski definition) is 2. The molecule has 2 unspecified atom stereocenters. The normalized spacial score (nSPS) is 28.2. The molecule has 1 saturated carbocycles. The van der Waals surface area contributed by atoms with Crippen molar-refractivity contribution in [2.24, 2.45) is 17.3 Å². The molecule has 1 N–H and O–H groups in total. The summed E-state index contributed by atoms with van der Waals surface area (Å²) in [5.41, 5.74) is 2.09. The van der Waals surface area contributed by atoms with E-state index in [4.69, 9.17) is 0 Å². The number of thiophene rings is 1. The zero-order chi connectivity index (χ0) is 12.3. The van der Waals surface area contributed by atoms with Gasteiger partial charge in [-0.1, -0.05) is 13.8 Å². The van der Waals surface area contributed by atoms with Crippen LogP contribution in [0.25, 0.3) is 0 Å². The average molecular weight is 251 g/mol. The van der Waals surface area contributed by atoms with Gasteiger partial charge in [0.25, 0.3) is 0 Å². The fourth-order valence-corrected chi connectivity index (χ4v) is 3.95. The molecule has 0 aromatic carbocycles. The van der Waals surface area contributed by atoms with Crippen molar-refractivity contribution in [2.75, 3.05) is 13.6 Å². The van der Waals surface area contributed by atoms with Crippen molar-refractivity contribution in [2.45, 2.75) is 39.5 Å². The predicted molar refractivity (Wildman–Crippen MR) is 76.6 cm³/mol. The summed E-state index contributed by atoms with van der Waals surface area (Å²) in [6.45, 7) is 6.05. The molecule has 2 heteroatoms. The van der Waals surface area contributed by atoms with Crippen LogP contribution in [0.2, 0.25) is 0 Å². The van der Waals surface area contributed by atoms with E-state index in [-0.39, 0.29) is 0 Å². The maximum absolute atomic E-state index is 3.38. The second-order valence-electron chi connectivity index (χ2n) is 6.32. The quantitative estimate of drug-likeness (QED) is 0.854. The molecule has 17 heavy (non-hydrogen) atoms. The zero-order valence-electron chi connectivity index (χ0n) is 11.3. The molecule has 96 valence electrons. The Labute approximate surface area is 110 Å². The minimum atomic E-state index is 0.547. The summed E-state index contributed by atoms with van der Waals surface area (Å²) in [5.74, 6) is 1.73. The Morgan fingerprint density at radius 3 is 2.88 bits per heavy atom. The molecule has 2 rings (SSSR count). The summed E-state index contributed by atoms with van der Waals surface area (Å²) < 4.78 is 0. The lowest BCUT2D eigenvalue weighted by Gasteiger charge is -2.41. The van der Waals surface area contributed by atoms with Crippen molar-refractivity contribution in [3.8, 4) is 0 Å². The smallest absolute Gasteiger partial charge is 0.00207 e. The van der Waals surface area contributed by atoms with E-state index in [1.54, 1.807) is 5.56 Å². The molecule has 0 saturated heterocycles. The first kappa shape index (κ1) is 13.1. The van der Waals surface area contributed by atoms with Crippen molar-refractivity contribution < 1.29 is 0 Å². The second-order valence-corrected chi connectivity index (χ2v) is 7.10. The Kier molecular flexibility index (Phi) is 4.26. The summed E-state index contributed by atoms with van der Waals surface area (Å²) in [5, 5.41) is 7.90. The van der Waals surface area contributed by atoms with E-state index in [1.165, 1.54) is 32.2 Å². The second kappa shape index (κ2) is 5.53. The zero-order valence-corrected chi connectivity index (χ0v) is 12.1. The lowest BCUT2D eigenvalue weighted by atomic mass is 9.65. The molecule has 1 aliphatic carbocycles. The van der Waals surface area contributed by atoms with Gasteiger partial charge in [-0.25, -0.2) is 0 Å². The largest absolute Gasteiger partial charge is 0.319 e. The van der Waals surface area contributed by atoms with E-state index in [2.05, 4.69) is 43.0 Å².